The smallest absolute Gasteiger partial charge is 0.286 e. The van der Waals surface area contributed by atoms with Crippen LogP contribution in [0.15, 0.2) is 22.8 Å². The molecule has 2 heterocycles. The zero-order valence-corrected chi connectivity index (χ0v) is 8.66. The van der Waals surface area contributed by atoms with Crippen molar-refractivity contribution in [2.75, 3.05) is 13.1 Å². The van der Waals surface area contributed by atoms with E-state index in [4.69, 9.17) is 4.42 Å². The molecule has 2 N–H and O–H groups in total. The standard InChI is InChI=1S/C11H16N2O2/c14-11(10-4-2-8-15-10)13-7-5-9-3-1-6-12-9/h2,4,8-9,12H,1,3,5-7H2,(H,13,14)/t9-/m1/s1. The Morgan fingerprint density at radius 3 is 3.27 bits per heavy atom. The Morgan fingerprint density at radius 2 is 2.60 bits per heavy atom. The highest BCUT2D eigenvalue weighted by Gasteiger charge is 2.14. The lowest BCUT2D eigenvalue weighted by atomic mass is 10.1. The molecule has 1 fully saturated rings. The fourth-order valence-electron chi connectivity index (χ4n) is 1.86. The minimum absolute atomic E-state index is 0.127. The molecule has 0 spiro atoms. The Balaban J connectivity index is 1.67. The zero-order valence-electron chi connectivity index (χ0n) is 8.66. The third kappa shape index (κ3) is 2.83. The molecule has 82 valence electrons. The van der Waals surface area contributed by atoms with Crippen molar-refractivity contribution in [2.24, 2.45) is 0 Å². The molecular weight excluding hydrogens is 192 g/mol. The van der Waals surface area contributed by atoms with Gasteiger partial charge in [0.05, 0.1) is 6.26 Å². The summed E-state index contributed by atoms with van der Waals surface area (Å²) >= 11 is 0. The maximum atomic E-state index is 11.5. The molecule has 0 unspecified atom stereocenters. The van der Waals surface area contributed by atoms with Gasteiger partial charge in [0.25, 0.3) is 5.91 Å². The highest BCUT2D eigenvalue weighted by molar-refractivity contribution is 5.91. The van der Waals surface area contributed by atoms with E-state index in [0.717, 1.165) is 13.0 Å². The first-order valence-electron chi connectivity index (χ1n) is 5.41. The van der Waals surface area contributed by atoms with Crippen LogP contribution in [-0.4, -0.2) is 25.0 Å². The summed E-state index contributed by atoms with van der Waals surface area (Å²) in [4.78, 5) is 11.5. The molecular formula is C11H16N2O2. The van der Waals surface area contributed by atoms with Crippen LogP contribution in [-0.2, 0) is 0 Å². The maximum absolute atomic E-state index is 11.5. The second-order valence-electron chi connectivity index (χ2n) is 3.82. The Hall–Kier alpha value is -1.29. The molecule has 1 saturated heterocycles. The van der Waals surface area contributed by atoms with Gasteiger partial charge in [0.1, 0.15) is 0 Å². The normalized spacial score (nSPS) is 20.4. The van der Waals surface area contributed by atoms with Crippen LogP contribution in [0, 0.1) is 0 Å². The van der Waals surface area contributed by atoms with Gasteiger partial charge in [-0.05, 0) is 37.9 Å². The lowest BCUT2D eigenvalue weighted by Crippen LogP contribution is -2.30. The van der Waals surface area contributed by atoms with E-state index in [-0.39, 0.29) is 5.91 Å². The topological polar surface area (TPSA) is 54.3 Å². The van der Waals surface area contributed by atoms with Gasteiger partial charge in [0.15, 0.2) is 5.76 Å². The van der Waals surface area contributed by atoms with E-state index in [0.29, 0.717) is 18.3 Å². The van der Waals surface area contributed by atoms with E-state index in [1.165, 1.54) is 19.1 Å². The molecule has 1 aromatic rings. The highest BCUT2D eigenvalue weighted by Crippen LogP contribution is 2.07. The molecule has 1 amide bonds. The van der Waals surface area contributed by atoms with Crippen LogP contribution in [0.25, 0.3) is 0 Å². The van der Waals surface area contributed by atoms with Gasteiger partial charge in [-0.15, -0.1) is 0 Å². The first-order chi connectivity index (χ1) is 7.36. The van der Waals surface area contributed by atoms with Crippen LogP contribution in [0.1, 0.15) is 29.8 Å². The van der Waals surface area contributed by atoms with Gasteiger partial charge in [-0.25, -0.2) is 0 Å². The van der Waals surface area contributed by atoms with Gasteiger partial charge in [-0.2, -0.15) is 0 Å². The van der Waals surface area contributed by atoms with Crippen molar-refractivity contribution in [1.82, 2.24) is 10.6 Å². The molecule has 0 aliphatic carbocycles. The summed E-state index contributed by atoms with van der Waals surface area (Å²) in [5.41, 5.74) is 0. The molecule has 0 saturated carbocycles. The molecule has 2 rings (SSSR count). The van der Waals surface area contributed by atoms with E-state index in [2.05, 4.69) is 10.6 Å². The van der Waals surface area contributed by atoms with Crippen LogP contribution < -0.4 is 10.6 Å². The van der Waals surface area contributed by atoms with Crippen molar-refractivity contribution < 1.29 is 9.21 Å². The number of carbonyl (C=O) groups excluding carboxylic acids is 1. The summed E-state index contributed by atoms with van der Waals surface area (Å²) in [6, 6.07) is 3.96. The van der Waals surface area contributed by atoms with Crippen LogP contribution >= 0.6 is 0 Å². The quantitative estimate of drug-likeness (QED) is 0.780. The molecule has 0 aromatic carbocycles. The van der Waals surface area contributed by atoms with Crippen molar-refractivity contribution in [3.8, 4) is 0 Å². The fraction of sp³-hybridized carbons (Fsp3) is 0.545. The largest absolute Gasteiger partial charge is 0.459 e. The predicted octanol–water partition coefficient (Wildman–Crippen LogP) is 1.15. The van der Waals surface area contributed by atoms with E-state index in [1.54, 1.807) is 12.1 Å². The summed E-state index contributed by atoms with van der Waals surface area (Å²) in [6.45, 7) is 1.81. The fourth-order valence-corrected chi connectivity index (χ4v) is 1.86. The number of amides is 1. The zero-order chi connectivity index (χ0) is 10.5. The van der Waals surface area contributed by atoms with Gasteiger partial charge in [-0.3, -0.25) is 4.79 Å². The molecule has 0 radical (unpaired) electrons. The number of furan rings is 1. The lowest BCUT2D eigenvalue weighted by molar-refractivity contribution is 0.0924. The number of carbonyl (C=O) groups is 1. The van der Waals surface area contributed by atoms with Gasteiger partial charge in [0, 0.05) is 12.6 Å². The molecule has 1 aromatic heterocycles. The number of hydrogen-bond donors (Lipinski definition) is 2. The van der Waals surface area contributed by atoms with Crippen molar-refractivity contribution in [3.05, 3.63) is 24.2 Å². The third-order valence-electron chi connectivity index (χ3n) is 2.69. The molecule has 1 aliphatic rings. The highest BCUT2D eigenvalue weighted by atomic mass is 16.3. The predicted molar refractivity (Wildman–Crippen MR) is 56.7 cm³/mol. The van der Waals surface area contributed by atoms with Gasteiger partial charge < -0.3 is 15.1 Å². The number of rotatable bonds is 4. The minimum atomic E-state index is -0.127. The van der Waals surface area contributed by atoms with Crippen LogP contribution in [0.3, 0.4) is 0 Å². The first-order valence-corrected chi connectivity index (χ1v) is 5.41. The average Bonchev–Trinajstić information content (AvgIpc) is 2.90. The Labute approximate surface area is 89.0 Å². The van der Waals surface area contributed by atoms with Gasteiger partial charge in [0.2, 0.25) is 0 Å². The molecule has 15 heavy (non-hydrogen) atoms. The molecule has 1 aliphatic heterocycles. The van der Waals surface area contributed by atoms with Crippen molar-refractivity contribution in [1.29, 1.82) is 0 Å². The van der Waals surface area contributed by atoms with Crippen molar-refractivity contribution in [2.45, 2.75) is 25.3 Å². The number of hydrogen-bond acceptors (Lipinski definition) is 3. The van der Waals surface area contributed by atoms with Crippen LogP contribution in [0.5, 0.6) is 0 Å². The van der Waals surface area contributed by atoms with Crippen LogP contribution in [0.4, 0.5) is 0 Å². The monoisotopic (exact) mass is 208 g/mol. The molecule has 4 heteroatoms. The SMILES string of the molecule is O=C(NCC[C@H]1CCCN1)c1ccco1. The summed E-state index contributed by atoms with van der Waals surface area (Å²) < 4.78 is 4.99. The maximum Gasteiger partial charge on any atom is 0.286 e. The Kier molecular flexibility index (Phi) is 3.40. The van der Waals surface area contributed by atoms with Crippen molar-refractivity contribution in [3.63, 3.8) is 0 Å². The lowest BCUT2D eigenvalue weighted by Gasteiger charge is -2.09. The van der Waals surface area contributed by atoms with Gasteiger partial charge >= 0.3 is 0 Å². The molecule has 1 atom stereocenters. The average molecular weight is 208 g/mol. The third-order valence-corrected chi connectivity index (χ3v) is 2.69. The molecule has 4 nitrogen and oxygen atoms in total. The minimum Gasteiger partial charge on any atom is -0.459 e. The molecule has 0 bridgehead atoms. The van der Waals surface area contributed by atoms with Crippen molar-refractivity contribution >= 4 is 5.91 Å². The Morgan fingerprint density at radius 1 is 1.67 bits per heavy atom. The first kappa shape index (κ1) is 10.2. The van der Waals surface area contributed by atoms with E-state index in [9.17, 15) is 4.79 Å². The second-order valence-corrected chi connectivity index (χ2v) is 3.82. The van der Waals surface area contributed by atoms with E-state index < -0.39 is 0 Å². The summed E-state index contributed by atoms with van der Waals surface area (Å²) in [7, 11) is 0. The van der Waals surface area contributed by atoms with E-state index >= 15 is 0 Å². The summed E-state index contributed by atoms with van der Waals surface area (Å²) in [6.07, 6.45) is 4.97. The summed E-state index contributed by atoms with van der Waals surface area (Å²) in [5.74, 6) is 0.257. The summed E-state index contributed by atoms with van der Waals surface area (Å²) in [5, 5.41) is 6.23. The second kappa shape index (κ2) is 4.98. The van der Waals surface area contributed by atoms with Crippen LogP contribution in [0.2, 0.25) is 0 Å². The van der Waals surface area contributed by atoms with E-state index in [1.807, 2.05) is 0 Å². The van der Waals surface area contributed by atoms with Gasteiger partial charge in [-0.1, -0.05) is 0 Å². The Bertz CT molecular complexity index is 302. The number of nitrogens with one attached hydrogen (secondary N) is 2.